The summed E-state index contributed by atoms with van der Waals surface area (Å²) in [5, 5.41) is 19.6. The lowest BCUT2D eigenvalue weighted by molar-refractivity contribution is -0.175. The number of carbonyl (C=O) groups excluding carboxylic acids is 3. The molecule has 2 aromatic rings. The number of aromatic nitrogens is 3. The molecule has 0 saturated heterocycles. The molecular weight excluding hydrogens is 448 g/mol. The molecule has 2 N–H and O–H groups in total. The van der Waals surface area contributed by atoms with E-state index in [9.17, 15) is 19.6 Å². The van der Waals surface area contributed by atoms with Crippen molar-refractivity contribution in [1.82, 2.24) is 30.5 Å². The standard InChI is InChI=1S/C25H36N6O4/c1-19(2)13-14-23(32)31(30(17-20(3)4)24(33)18-29-16-15-26-28-29)22(25(34)27-35)12-8-11-21-9-6-5-7-10-21/h5-11,15-16,19-20,22,35H,12-14,17-18H2,1-4H3,(H,27,34)/t22-/m0/s1. The van der Waals surface area contributed by atoms with E-state index >= 15 is 0 Å². The smallest absolute Gasteiger partial charge is 0.268 e. The molecular formula is C25H36N6O4. The van der Waals surface area contributed by atoms with E-state index in [1.165, 1.54) is 20.9 Å². The van der Waals surface area contributed by atoms with Gasteiger partial charge in [0.1, 0.15) is 12.6 Å². The van der Waals surface area contributed by atoms with Crippen molar-refractivity contribution in [3.63, 3.8) is 0 Å². The number of benzene rings is 1. The van der Waals surface area contributed by atoms with Gasteiger partial charge >= 0.3 is 0 Å². The molecule has 10 nitrogen and oxygen atoms in total. The van der Waals surface area contributed by atoms with Crippen LogP contribution in [0, 0.1) is 11.8 Å². The van der Waals surface area contributed by atoms with E-state index in [4.69, 9.17) is 0 Å². The lowest BCUT2D eigenvalue weighted by atomic mass is 10.1. The lowest BCUT2D eigenvalue weighted by Gasteiger charge is -2.40. The molecule has 2 rings (SSSR count). The number of nitrogens with zero attached hydrogens (tertiary/aromatic N) is 5. The maximum atomic E-state index is 13.5. The van der Waals surface area contributed by atoms with E-state index in [0.717, 1.165) is 5.56 Å². The quantitative estimate of drug-likeness (QED) is 0.353. The minimum atomic E-state index is -1.13. The molecule has 10 heteroatoms. The van der Waals surface area contributed by atoms with Crippen molar-refractivity contribution >= 4 is 23.8 Å². The van der Waals surface area contributed by atoms with Gasteiger partial charge in [-0.3, -0.25) is 19.6 Å². The Morgan fingerprint density at radius 2 is 1.80 bits per heavy atom. The van der Waals surface area contributed by atoms with Crippen LogP contribution < -0.4 is 5.48 Å². The van der Waals surface area contributed by atoms with Crippen LogP contribution >= 0.6 is 0 Å². The molecule has 0 radical (unpaired) electrons. The van der Waals surface area contributed by atoms with E-state index in [-0.39, 0.29) is 43.7 Å². The highest BCUT2D eigenvalue weighted by Gasteiger charge is 2.36. The zero-order valence-corrected chi connectivity index (χ0v) is 20.9. The van der Waals surface area contributed by atoms with Gasteiger partial charge in [-0.05, 0) is 30.2 Å². The van der Waals surface area contributed by atoms with Crippen LogP contribution in [0.25, 0.3) is 6.08 Å². The number of hydrazine groups is 1. The number of rotatable bonds is 12. The number of hydrogen-bond donors (Lipinski definition) is 2. The van der Waals surface area contributed by atoms with Gasteiger partial charge in [0, 0.05) is 19.2 Å². The normalized spacial score (nSPS) is 12.2. The van der Waals surface area contributed by atoms with Crippen LogP contribution in [-0.4, -0.2) is 60.5 Å². The first kappa shape index (κ1) is 27.7. The fourth-order valence-corrected chi connectivity index (χ4v) is 3.49. The molecule has 0 aliphatic rings. The Hall–Kier alpha value is -3.53. The summed E-state index contributed by atoms with van der Waals surface area (Å²) in [6, 6.07) is 8.39. The van der Waals surface area contributed by atoms with Crippen LogP contribution in [0.3, 0.4) is 0 Å². The summed E-state index contributed by atoms with van der Waals surface area (Å²) in [5.74, 6) is -1.29. The van der Waals surface area contributed by atoms with Crippen LogP contribution in [-0.2, 0) is 20.9 Å². The first-order valence-electron chi connectivity index (χ1n) is 11.8. The number of nitrogens with one attached hydrogen (secondary N) is 1. The SMILES string of the molecule is CC(C)CCC(=O)N([C@@H](CC=Cc1ccccc1)C(=O)NO)N(CC(C)C)C(=O)Cn1ccnn1. The summed E-state index contributed by atoms with van der Waals surface area (Å²) in [6.45, 7) is 7.90. The molecule has 0 fully saturated rings. The van der Waals surface area contributed by atoms with E-state index in [1.807, 2.05) is 64.1 Å². The molecule has 1 aromatic carbocycles. The monoisotopic (exact) mass is 484 g/mol. The summed E-state index contributed by atoms with van der Waals surface area (Å²) in [7, 11) is 0. The Morgan fingerprint density at radius 1 is 1.09 bits per heavy atom. The molecule has 3 amide bonds. The zero-order valence-electron chi connectivity index (χ0n) is 20.9. The number of hydroxylamine groups is 1. The van der Waals surface area contributed by atoms with Crippen molar-refractivity contribution in [2.45, 2.75) is 59.5 Å². The second-order valence-electron chi connectivity index (χ2n) is 9.18. The summed E-state index contributed by atoms with van der Waals surface area (Å²) in [5.41, 5.74) is 2.60. The van der Waals surface area contributed by atoms with Crippen molar-refractivity contribution in [3.8, 4) is 0 Å². The van der Waals surface area contributed by atoms with E-state index in [1.54, 1.807) is 17.8 Å². The fraction of sp³-hybridized carbons (Fsp3) is 0.480. The minimum Gasteiger partial charge on any atom is -0.289 e. The average molecular weight is 485 g/mol. The molecule has 35 heavy (non-hydrogen) atoms. The Bertz CT molecular complexity index is 960. The summed E-state index contributed by atoms with van der Waals surface area (Å²) < 4.78 is 1.36. The van der Waals surface area contributed by atoms with Gasteiger partial charge in [0.2, 0.25) is 5.91 Å². The topological polar surface area (TPSA) is 121 Å². The molecule has 1 heterocycles. The van der Waals surface area contributed by atoms with Crippen LogP contribution in [0.15, 0.2) is 48.8 Å². The maximum Gasteiger partial charge on any atom is 0.268 e. The van der Waals surface area contributed by atoms with Gasteiger partial charge in [0.05, 0.1) is 6.20 Å². The van der Waals surface area contributed by atoms with Crippen molar-refractivity contribution < 1.29 is 19.6 Å². The van der Waals surface area contributed by atoms with Gasteiger partial charge in [-0.15, -0.1) is 5.10 Å². The van der Waals surface area contributed by atoms with Gasteiger partial charge in [-0.25, -0.2) is 20.2 Å². The Morgan fingerprint density at radius 3 is 2.37 bits per heavy atom. The minimum absolute atomic E-state index is 0.00722. The highest BCUT2D eigenvalue weighted by Crippen LogP contribution is 2.18. The van der Waals surface area contributed by atoms with Crippen LogP contribution in [0.1, 0.15) is 52.5 Å². The molecule has 0 aliphatic carbocycles. The summed E-state index contributed by atoms with van der Waals surface area (Å²) >= 11 is 0. The lowest BCUT2D eigenvalue weighted by Crippen LogP contribution is -2.60. The number of amides is 3. The van der Waals surface area contributed by atoms with Gasteiger partial charge in [0.15, 0.2) is 0 Å². The summed E-state index contributed by atoms with van der Waals surface area (Å²) in [4.78, 5) is 39.7. The van der Waals surface area contributed by atoms with Gasteiger partial charge in [-0.2, -0.15) is 0 Å². The van der Waals surface area contributed by atoms with Crippen LogP contribution in [0.2, 0.25) is 0 Å². The van der Waals surface area contributed by atoms with Crippen molar-refractivity contribution in [2.75, 3.05) is 6.54 Å². The number of hydrogen-bond acceptors (Lipinski definition) is 6. The number of carbonyl (C=O) groups is 3. The molecule has 0 saturated carbocycles. The summed E-state index contributed by atoms with van der Waals surface area (Å²) in [6.07, 6.45) is 7.45. The Balaban J connectivity index is 2.42. The fourth-order valence-electron chi connectivity index (χ4n) is 3.49. The van der Waals surface area contributed by atoms with Crippen molar-refractivity contribution in [1.29, 1.82) is 0 Å². The van der Waals surface area contributed by atoms with Gasteiger partial charge in [0.25, 0.3) is 11.8 Å². The first-order chi connectivity index (χ1) is 16.7. The predicted octanol–water partition coefficient (Wildman–Crippen LogP) is 2.92. The van der Waals surface area contributed by atoms with E-state index < -0.39 is 17.9 Å². The average Bonchev–Trinajstić information content (AvgIpc) is 3.34. The molecule has 190 valence electrons. The van der Waals surface area contributed by atoms with E-state index in [0.29, 0.717) is 6.42 Å². The second-order valence-corrected chi connectivity index (χ2v) is 9.18. The Labute approximate surface area is 206 Å². The predicted molar refractivity (Wildman–Crippen MR) is 131 cm³/mol. The largest absolute Gasteiger partial charge is 0.289 e. The van der Waals surface area contributed by atoms with E-state index in [2.05, 4.69) is 10.3 Å². The highest BCUT2D eigenvalue weighted by atomic mass is 16.5. The third-order valence-electron chi connectivity index (χ3n) is 5.22. The van der Waals surface area contributed by atoms with Crippen LogP contribution in [0.4, 0.5) is 0 Å². The molecule has 0 unspecified atom stereocenters. The third kappa shape index (κ3) is 8.97. The molecule has 1 aromatic heterocycles. The molecule has 1 atom stereocenters. The Kier molecular flexibility index (Phi) is 11.1. The first-order valence-corrected chi connectivity index (χ1v) is 11.8. The molecule has 0 bridgehead atoms. The zero-order chi connectivity index (χ0) is 25.8. The second kappa shape index (κ2) is 14.0. The molecule has 0 aliphatic heterocycles. The van der Waals surface area contributed by atoms with Crippen LogP contribution in [0.5, 0.6) is 0 Å². The maximum absolute atomic E-state index is 13.5. The highest BCUT2D eigenvalue weighted by molar-refractivity contribution is 5.89. The van der Waals surface area contributed by atoms with Crippen molar-refractivity contribution in [3.05, 3.63) is 54.4 Å². The van der Waals surface area contributed by atoms with Gasteiger partial charge in [-0.1, -0.05) is 75.4 Å². The van der Waals surface area contributed by atoms with Gasteiger partial charge < -0.3 is 0 Å². The van der Waals surface area contributed by atoms with Crippen molar-refractivity contribution in [2.24, 2.45) is 11.8 Å². The molecule has 0 spiro atoms. The third-order valence-corrected chi connectivity index (χ3v) is 5.22.